The molecule has 0 spiro atoms. The molecule has 0 saturated heterocycles. The number of carbonyl (C=O) groups excluding carboxylic acids is 1. The molecule has 8 nitrogen and oxygen atoms in total. The van der Waals surface area contributed by atoms with Crippen LogP contribution in [0.3, 0.4) is 0 Å². The molecule has 1 aromatic heterocycles. The Kier molecular flexibility index (Phi) is 7.86. The van der Waals surface area contributed by atoms with Crippen LogP contribution in [0.2, 0.25) is 0 Å². The number of likely N-dealkylation sites (N-methyl/N-ethyl adjacent to an activating group) is 1. The summed E-state index contributed by atoms with van der Waals surface area (Å²) in [5, 5.41) is 13.2. The Morgan fingerprint density at radius 1 is 1.21 bits per heavy atom. The van der Waals surface area contributed by atoms with Crippen molar-refractivity contribution in [1.29, 1.82) is 0 Å². The molecule has 180 valence electrons. The highest BCUT2D eigenvalue weighted by Crippen LogP contribution is 2.30. The molecule has 0 aliphatic carbocycles. The van der Waals surface area contributed by atoms with Gasteiger partial charge in [0.1, 0.15) is 11.6 Å². The van der Waals surface area contributed by atoms with E-state index in [4.69, 9.17) is 0 Å². The van der Waals surface area contributed by atoms with E-state index in [2.05, 4.69) is 33.9 Å². The van der Waals surface area contributed by atoms with E-state index in [9.17, 15) is 19.1 Å². The molecule has 1 aromatic carbocycles. The Hall–Kier alpha value is -2.78. The molecule has 0 unspecified atom stereocenters. The van der Waals surface area contributed by atoms with Crippen LogP contribution >= 0.6 is 0 Å². The molecule has 0 bridgehead atoms. The van der Waals surface area contributed by atoms with Gasteiger partial charge in [0.15, 0.2) is 0 Å². The second-order valence-corrected chi connectivity index (χ2v) is 8.84. The van der Waals surface area contributed by atoms with Crippen molar-refractivity contribution in [3.63, 3.8) is 0 Å². The molecule has 2 aromatic rings. The maximum Gasteiger partial charge on any atom is 0.296 e. The summed E-state index contributed by atoms with van der Waals surface area (Å²) in [7, 11) is 0. The summed E-state index contributed by atoms with van der Waals surface area (Å²) in [6.07, 6.45) is -0.217. The molecule has 1 aliphatic rings. The fourth-order valence-corrected chi connectivity index (χ4v) is 4.24. The standard InChI is InChI=1S/C24H34FN5O3/c1-5-28(6-2)11-12-29-13-14-30-22(33)21(32)19(27-23(30)24(29,3)4)15-20(31)26-16-17-7-9-18(25)10-8-17/h7-10,32H,5-6,11-16H2,1-4H3,(H,26,31). The zero-order valence-electron chi connectivity index (χ0n) is 19.9. The Morgan fingerprint density at radius 3 is 2.52 bits per heavy atom. The van der Waals surface area contributed by atoms with Gasteiger partial charge in [-0.3, -0.25) is 19.1 Å². The van der Waals surface area contributed by atoms with E-state index >= 15 is 0 Å². The number of nitrogens with zero attached hydrogens (tertiary/aromatic N) is 4. The summed E-state index contributed by atoms with van der Waals surface area (Å²) in [6.45, 7) is 13.3. The minimum atomic E-state index is -0.530. The number of aromatic nitrogens is 2. The van der Waals surface area contributed by atoms with Crippen LogP contribution in [0.15, 0.2) is 29.1 Å². The van der Waals surface area contributed by atoms with E-state index < -0.39 is 16.8 Å². The first kappa shape index (κ1) is 24.9. The summed E-state index contributed by atoms with van der Waals surface area (Å²) in [5.41, 5.74) is -0.228. The zero-order chi connectivity index (χ0) is 24.2. The van der Waals surface area contributed by atoms with Crippen molar-refractivity contribution in [2.45, 2.75) is 52.7 Å². The molecule has 1 amide bonds. The van der Waals surface area contributed by atoms with Gasteiger partial charge in [-0.15, -0.1) is 0 Å². The van der Waals surface area contributed by atoms with E-state index in [1.54, 1.807) is 12.1 Å². The number of carbonyl (C=O) groups is 1. The largest absolute Gasteiger partial charge is 0.502 e. The fourth-order valence-electron chi connectivity index (χ4n) is 4.24. The first-order valence-corrected chi connectivity index (χ1v) is 11.5. The summed E-state index contributed by atoms with van der Waals surface area (Å²) < 4.78 is 14.6. The number of hydrogen-bond acceptors (Lipinski definition) is 6. The van der Waals surface area contributed by atoms with Crippen LogP contribution in [0.1, 0.15) is 44.8 Å². The number of fused-ring (bicyclic) bond motifs is 1. The Balaban J connectivity index is 1.76. The zero-order valence-corrected chi connectivity index (χ0v) is 19.9. The molecule has 0 radical (unpaired) electrons. The first-order valence-electron chi connectivity index (χ1n) is 11.5. The van der Waals surface area contributed by atoms with Crippen molar-refractivity contribution in [1.82, 2.24) is 24.7 Å². The van der Waals surface area contributed by atoms with E-state index in [-0.39, 0.29) is 30.4 Å². The van der Waals surface area contributed by atoms with Crippen LogP contribution in [0, 0.1) is 5.82 Å². The van der Waals surface area contributed by atoms with Gasteiger partial charge in [-0.25, -0.2) is 9.37 Å². The highest BCUT2D eigenvalue weighted by Gasteiger charge is 2.38. The average Bonchev–Trinajstić information content (AvgIpc) is 2.79. The van der Waals surface area contributed by atoms with Gasteiger partial charge >= 0.3 is 0 Å². The maximum absolute atomic E-state index is 13.0. The van der Waals surface area contributed by atoms with Crippen molar-refractivity contribution < 1.29 is 14.3 Å². The summed E-state index contributed by atoms with van der Waals surface area (Å²) in [5.74, 6) is -0.651. The highest BCUT2D eigenvalue weighted by molar-refractivity contribution is 5.78. The highest BCUT2D eigenvalue weighted by atomic mass is 19.1. The third-order valence-corrected chi connectivity index (χ3v) is 6.46. The molecule has 0 fully saturated rings. The van der Waals surface area contributed by atoms with Gasteiger partial charge in [-0.1, -0.05) is 26.0 Å². The minimum Gasteiger partial charge on any atom is -0.502 e. The van der Waals surface area contributed by atoms with E-state index in [0.29, 0.717) is 18.9 Å². The van der Waals surface area contributed by atoms with Crippen LogP contribution in [0.5, 0.6) is 5.75 Å². The van der Waals surface area contributed by atoms with Gasteiger partial charge in [0.25, 0.3) is 5.56 Å². The van der Waals surface area contributed by atoms with Gasteiger partial charge in [-0.2, -0.15) is 0 Å². The molecule has 0 saturated carbocycles. The second kappa shape index (κ2) is 10.4. The SMILES string of the molecule is CCN(CC)CCN1CCn2c(nc(CC(=O)NCc3ccc(F)cc3)c(O)c2=O)C1(C)C. The van der Waals surface area contributed by atoms with Gasteiger partial charge in [-0.05, 0) is 44.6 Å². The van der Waals surface area contributed by atoms with Gasteiger partial charge in [0.2, 0.25) is 11.7 Å². The van der Waals surface area contributed by atoms with Gasteiger partial charge in [0.05, 0.1) is 17.7 Å². The summed E-state index contributed by atoms with van der Waals surface area (Å²) in [4.78, 5) is 34.6. The molecule has 2 N–H and O–H groups in total. The number of rotatable bonds is 9. The number of aromatic hydroxyl groups is 1. The van der Waals surface area contributed by atoms with Crippen LogP contribution in [-0.4, -0.2) is 63.1 Å². The first-order chi connectivity index (χ1) is 15.7. The monoisotopic (exact) mass is 459 g/mol. The van der Waals surface area contributed by atoms with Gasteiger partial charge < -0.3 is 15.3 Å². The van der Waals surface area contributed by atoms with Crippen LogP contribution < -0.4 is 10.9 Å². The van der Waals surface area contributed by atoms with Crippen molar-refractivity contribution in [3.05, 3.63) is 57.5 Å². The van der Waals surface area contributed by atoms with Gasteiger partial charge in [0, 0.05) is 32.7 Å². The fraction of sp³-hybridized carbons (Fsp3) is 0.542. The Bertz CT molecular complexity index is 1030. The van der Waals surface area contributed by atoms with Crippen molar-refractivity contribution >= 4 is 5.91 Å². The minimum absolute atomic E-state index is 0.0709. The molecule has 0 atom stereocenters. The van der Waals surface area contributed by atoms with E-state index in [1.165, 1.54) is 16.7 Å². The van der Waals surface area contributed by atoms with E-state index in [1.807, 2.05) is 13.8 Å². The quantitative estimate of drug-likeness (QED) is 0.595. The molecular formula is C24H34FN5O3. The molecule has 33 heavy (non-hydrogen) atoms. The lowest BCUT2D eigenvalue weighted by Gasteiger charge is -2.43. The maximum atomic E-state index is 13.0. The van der Waals surface area contributed by atoms with Crippen LogP contribution in [0.4, 0.5) is 4.39 Å². The Labute approximate surface area is 194 Å². The lowest BCUT2D eigenvalue weighted by molar-refractivity contribution is -0.120. The molecule has 2 heterocycles. The average molecular weight is 460 g/mol. The smallest absolute Gasteiger partial charge is 0.296 e. The number of halogens is 1. The summed E-state index contributed by atoms with van der Waals surface area (Å²) in [6, 6.07) is 5.83. The second-order valence-electron chi connectivity index (χ2n) is 8.84. The van der Waals surface area contributed by atoms with Crippen molar-refractivity contribution in [2.24, 2.45) is 0 Å². The van der Waals surface area contributed by atoms with E-state index in [0.717, 1.165) is 31.7 Å². The van der Waals surface area contributed by atoms with Crippen molar-refractivity contribution in [3.8, 4) is 5.75 Å². The van der Waals surface area contributed by atoms with Crippen LogP contribution in [-0.2, 0) is 29.8 Å². The predicted octanol–water partition coefficient (Wildman–Crippen LogP) is 1.84. The lowest BCUT2D eigenvalue weighted by atomic mass is 9.98. The molecule has 3 rings (SSSR count). The molecule has 9 heteroatoms. The molecular weight excluding hydrogens is 425 g/mol. The van der Waals surface area contributed by atoms with Crippen LogP contribution in [0.25, 0.3) is 0 Å². The number of benzene rings is 1. The Morgan fingerprint density at radius 2 is 1.88 bits per heavy atom. The third-order valence-electron chi connectivity index (χ3n) is 6.46. The predicted molar refractivity (Wildman–Crippen MR) is 124 cm³/mol. The molecule has 1 aliphatic heterocycles. The number of amides is 1. The third kappa shape index (κ3) is 5.59. The van der Waals surface area contributed by atoms with Crippen molar-refractivity contribution in [2.75, 3.05) is 32.7 Å². The topological polar surface area (TPSA) is 90.7 Å². The number of hydrogen-bond donors (Lipinski definition) is 2. The lowest BCUT2D eigenvalue weighted by Crippen LogP contribution is -2.54. The normalized spacial score (nSPS) is 15.5. The number of nitrogens with one attached hydrogen (secondary N) is 1. The summed E-state index contributed by atoms with van der Waals surface area (Å²) >= 11 is 0.